The quantitative estimate of drug-likeness (QED) is 0.505. The number of nitrogens with zero attached hydrogens (tertiary/aromatic N) is 2. The van der Waals surface area contributed by atoms with Gasteiger partial charge in [0.2, 0.25) is 0 Å². The molecule has 0 saturated carbocycles. The van der Waals surface area contributed by atoms with E-state index in [4.69, 9.17) is 11.6 Å². The molecule has 5 nitrogen and oxygen atoms in total. The molecule has 0 atom stereocenters. The van der Waals surface area contributed by atoms with Crippen LogP contribution in [0, 0.1) is 10.1 Å². The van der Waals surface area contributed by atoms with E-state index in [0.717, 1.165) is 24.2 Å². The largest absolute Gasteiger partial charge is 0.312 e. The van der Waals surface area contributed by atoms with Gasteiger partial charge in [0, 0.05) is 43.5 Å². The van der Waals surface area contributed by atoms with Crippen molar-refractivity contribution in [3.63, 3.8) is 0 Å². The molecule has 6 heteroatoms. The van der Waals surface area contributed by atoms with E-state index < -0.39 is 4.92 Å². The molecule has 0 saturated heterocycles. The summed E-state index contributed by atoms with van der Waals surface area (Å²) in [7, 11) is 0. The Morgan fingerprint density at radius 3 is 2.80 bits per heavy atom. The number of hydrogen-bond acceptors (Lipinski definition) is 4. The lowest BCUT2D eigenvalue weighted by atomic mass is 10.2. The van der Waals surface area contributed by atoms with Crippen molar-refractivity contribution in [2.45, 2.75) is 13.0 Å². The first kappa shape index (κ1) is 14.4. The smallest absolute Gasteiger partial charge is 0.270 e. The Bertz CT molecular complexity index is 590. The maximum Gasteiger partial charge on any atom is 0.270 e. The van der Waals surface area contributed by atoms with Crippen molar-refractivity contribution in [1.82, 2.24) is 10.3 Å². The van der Waals surface area contributed by atoms with Crippen molar-refractivity contribution in [3.05, 3.63) is 69.0 Å². The number of nitrogens with one attached hydrogen (secondary N) is 1. The zero-order valence-corrected chi connectivity index (χ0v) is 11.5. The maximum absolute atomic E-state index is 10.6. The van der Waals surface area contributed by atoms with E-state index in [9.17, 15) is 10.1 Å². The molecule has 1 aromatic carbocycles. The van der Waals surface area contributed by atoms with Crippen LogP contribution in [0.1, 0.15) is 11.3 Å². The Hall–Kier alpha value is -1.98. The Kier molecular flexibility index (Phi) is 5.03. The van der Waals surface area contributed by atoms with Crippen LogP contribution in [0.2, 0.25) is 5.02 Å². The minimum Gasteiger partial charge on any atom is -0.312 e. The normalized spacial score (nSPS) is 10.4. The third-order valence-corrected chi connectivity index (χ3v) is 3.20. The fourth-order valence-corrected chi connectivity index (χ4v) is 2.02. The van der Waals surface area contributed by atoms with Gasteiger partial charge in [-0.15, -0.1) is 0 Å². The number of aromatic nitrogens is 1. The lowest BCUT2D eigenvalue weighted by Crippen LogP contribution is -2.17. The molecule has 0 unspecified atom stereocenters. The molecule has 0 fully saturated rings. The molecule has 1 N–H and O–H groups in total. The second-order valence-electron chi connectivity index (χ2n) is 4.28. The number of benzene rings is 1. The number of non-ortho nitro benzene ring substituents is 1. The van der Waals surface area contributed by atoms with Gasteiger partial charge in [0.25, 0.3) is 5.69 Å². The highest BCUT2D eigenvalue weighted by Gasteiger charge is 2.08. The highest BCUT2D eigenvalue weighted by atomic mass is 35.5. The molecule has 1 aromatic heterocycles. The number of nitro groups is 1. The van der Waals surface area contributed by atoms with Gasteiger partial charge in [-0.2, -0.15) is 0 Å². The van der Waals surface area contributed by atoms with Gasteiger partial charge in [0.15, 0.2) is 0 Å². The van der Waals surface area contributed by atoms with Crippen molar-refractivity contribution < 1.29 is 4.92 Å². The number of hydrogen-bond donors (Lipinski definition) is 1. The molecule has 20 heavy (non-hydrogen) atoms. The van der Waals surface area contributed by atoms with Crippen LogP contribution in [0.5, 0.6) is 0 Å². The molecule has 1 heterocycles. The van der Waals surface area contributed by atoms with Gasteiger partial charge in [-0.05, 0) is 23.8 Å². The summed E-state index contributed by atoms with van der Waals surface area (Å²) >= 11 is 6.01. The van der Waals surface area contributed by atoms with Crippen LogP contribution < -0.4 is 5.32 Å². The average Bonchev–Trinajstić information content (AvgIpc) is 2.46. The van der Waals surface area contributed by atoms with Gasteiger partial charge in [-0.3, -0.25) is 15.1 Å². The van der Waals surface area contributed by atoms with Crippen molar-refractivity contribution in [2.75, 3.05) is 6.54 Å². The lowest BCUT2D eigenvalue weighted by molar-refractivity contribution is -0.384. The Balaban J connectivity index is 1.84. The van der Waals surface area contributed by atoms with Gasteiger partial charge < -0.3 is 5.32 Å². The van der Waals surface area contributed by atoms with E-state index in [0.29, 0.717) is 11.6 Å². The summed E-state index contributed by atoms with van der Waals surface area (Å²) in [4.78, 5) is 14.4. The summed E-state index contributed by atoms with van der Waals surface area (Å²) in [6.45, 7) is 1.34. The number of pyridine rings is 1. The first-order chi connectivity index (χ1) is 9.66. The fourth-order valence-electron chi connectivity index (χ4n) is 1.78. The molecular weight excluding hydrogens is 278 g/mol. The van der Waals surface area contributed by atoms with Crippen molar-refractivity contribution in [2.24, 2.45) is 0 Å². The first-order valence-electron chi connectivity index (χ1n) is 6.20. The van der Waals surface area contributed by atoms with Gasteiger partial charge >= 0.3 is 0 Å². The standard InChI is InChI=1S/C14H14ClN3O2/c15-14-9-13(18(19)20)5-4-11(14)10-16-8-6-12-3-1-2-7-17-12/h1-5,7,9,16H,6,8,10H2. The van der Waals surface area contributed by atoms with Crippen LogP contribution in [-0.2, 0) is 13.0 Å². The predicted octanol–water partition coefficient (Wildman–Crippen LogP) is 2.98. The van der Waals surface area contributed by atoms with Crippen LogP contribution in [-0.4, -0.2) is 16.5 Å². The van der Waals surface area contributed by atoms with Crippen LogP contribution in [0.25, 0.3) is 0 Å². The highest BCUT2D eigenvalue weighted by Crippen LogP contribution is 2.22. The molecule has 0 aliphatic rings. The van der Waals surface area contributed by atoms with Crippen molar-refractivity contribution >= 4 is 17.3 Å². The van der Waals surface area contributed by atoms with Crippen LogP contribution in [0.4, 0.5) is 5.69 Å². The third-order valence-electron chi connectivity index (χ3n) is 2.85. The number of halogens is 1. The maximum atomic E-state index is 10.6. The molecule has 0 aliphatic heterocycles. The van der Waals surface area contributed by atoms with Crippen LogP contribution >= 0.6 is 11.6 Å². The SMILES string of the molecule is O=[N+]([O-])c1ccc(CNCCc2ccccn2)c(Cl)c1. The Labute approximate surface area is 121 Å². The topological polar surface area (TPSA) is 68.1 Å². The minimum absolute atomic E-state index is 0.00670. The van der Waals surface area contributed by atoms with Gasteiger partial charge in [-0.1, -0.05) is 17.7 Å². The van der Waals surface area contributed by atoms with Gasteiger partial charge in [0.1, 0.15) is 0 Å². The summed E-state index contributed by atoms with van der Waals surface area (Å²) in [6.07, 6.45) is 2.59. The minimum atomic E-state index is -0.454. The molecule has 0 radical (unpaired) electrons. The van der Waals surface area contributed by atoms with E-state index in [1.165, 1.54) is 12.1 Å². The zero-order valence-electron chi connectivity index (χ0n) is 10.8. The first-order valence-corrected chi connectivity index (χ1v) is 6.58. The van der Waals surface area contributed by atoms with Crippen LogP contribution in [0.15, 0.2) is 42.6 Å². The summed E-state index contributed by atoms with van der Waals surface area (Å²) in [6, 6.07) is 10.3. The summed E-state index contributed by atoms with van der Waals surface area (Å²) < 4.78 is 0. The Morgan fingerprint density at radius 2 is 2.15 bits per heavy atom. The summed E-state index contributed by atoms with van der Waals surface area (Å²) in [5, 5.41) is 14.3. The summed E-state index contributed by atoms with van der Waals surface area (Å²) in [5.41, 5.74) is 1.88. The monoisotopic (exact) mass is 291 g/mol. The molecular formula is C14H14ClN3O2. The summed E-state index contributed by atoms with van der Waals surface area (Å²) in [5.74, 6) is 0. The molecule has 0 bridgehead atoms. The molecule has 0 amide bonds. The molecule has 0 spiro atoms. The number of nitro benzene ring substituents is 1. The average molecular weight is 292 g/mol. The zero-order chi connectivity index (χ0) is 14.4. The van der Waals surface area contributed by atoms with E-state index in [1.807, 2.05) is 18.2 Å². The fraction of sp³-hybridized carbons (Fsp3) is 0.214. The predicted molar refractivity (Wildman–Crippen MR) is 77.8 cm³/mol. The Morgan fingerprint density at radius 1 is 1.30 bits per heavy atom. The molecule has 2 aromatic rings. The van der Waals surface area contributed by atoms with E-state index >= 15 is 0 Å². The third kappa shape index (κ3) is 4.01. The molecule has 2 rings (SSSR count). The molecule has 0 aliphatic carbocycles. The van der Waals surface area contributed by atoms with Crippen molar-refractivity contribution in [1.29, 1.82) is 0 Å². The highest BCUT2D eigenvalue weighted by molar-refractivity contribution is 6.31. The van der Waals surface area contributed by atoms with E-state index in [-0.39, 0.29) is 5.69 Å². The number of rotatable bonds is 6. The van der Waals surface area contributed by atoms with Gasteiger partial charge in [0.05, 0.1) is 9.95 Å². The second kappa shape index (κ2) is 6.98. The van der Waals surface area contributed by atoms with Crippen molar-refractivity contribution in [3.8, 4) is 0 Å². The van der Waals surface area contributed by atoms with E-state index in [2.05, 4.69) is 10.3 Å². The second-order valence-corrected chi connectivity index (χ2v) is 4.69. The van der Waals surface area contributed by atoms with Crippen LogP contribution in [0.3, 0.4) is 0 Å². The molecule has 104 valence electrons. The van der Waals surface area contributed by atoms with Gasteiger partial charge in [-0.25, -0.2) is 0 Å². The van der Waals surface area contributed by atoms with E-state index in [1.54, 1.807) is 12.3 Å². The lowest BCUT2D eigenvalue weighted by Gasteiger charge is -2.06.